The van der Waals surface area contributed by atoms with E-state index < -0.39 is 0 Å². The number of rotatable bonds is 7. The van der Waals surface area contributed by atoms with Crippen molar-refractivity contribution >= 4 is 15.9 Å². The largest absolute Gasteiger partial charge is 0.384 e. The maximum absolute atomic E-state index is 5.65. The summed E-state index contributed by atoms with van der Waals surface area (Å²) in [6.45, 7) is 5.78. The quantitative estimate of drug-likeness (QED) is 0.596. The third-order valence-corrected chi connectivity index (χ3v) is 3.36. The number of hydrazine groups is 1. The van der Waals surface area contributed by atoms with Crippen molar-refractivity contribution in [2.75, 3.05) is 13.7 Å². The Morgan fingerprint density at radius 1 is 1.65 bits per heavy atom. The van der Waals surface area contributed by atoms with Crippen LogP contribution in [0.15, 0.2) is 10.7 Å². The molecule has 1 heterocycles. The third-order valence-electron chi connectivity index (χ3n) is 2.75. The molecule has 1 rings (SSSR count). The van der Waals surface area contributed by atoms with Gasteiger partial charge in [0.1, 0.15) is 0 Å². The molecule has 5 nitrogen and oxygen atoms in total. The molecule has 2 atom stereocenters. The van der Waals surface area contributed by atoms with Crippen molar-refractivity contribution in [3.05, 3.63) is 16.4 Å². The van der Waals surface area contributed by atoms with Crippen molar-refractivity contribution in [2.24, 2.45) is 11.8 Å². The van der Waals surface area contributed by atoms with Crippen LogP contribution in [-0.2, 0) is 11.3 Å². The van der Waals surface area contributed by atoms with Gasteiger partial charge in [0.05, 0.1) is 22.4 Å². The number of methoxy groups -OCH3 is 1. The van der Waals surface area contributed by atoms with E-state index in [1.807, 2.05) is 10.9 Å². The molecule has 98 valence electrons. The molecule has 0 spiro atoms. The highest BCUT2D eigenvalue weighted by Gasteiger charge is 2.20. The lowest BCUT2D eigenvalue weighted by molar-refractivity contribution is 0.148. The minimum atomic E-state index is 0.0805. The topological polar surface area (TPSA) is 65.1 Å². The van der Waals surface area contributed by atoms with E-state index in [2.05, 4.69) is 40.3 Å². The first-order valence-corrected chi connectivity index (χ1v) is 6.59. The SMILES string of the molecule is CCn1ncc(Br)c1C(CC(C)COC)NN. The summed E-state index contributed by atoms with van der Waals surface area (Å²) in [7, 11) is 1.72. The summed E-state index contributed by atoms with van der Waals surface area (Å²) in [6, 6.07) is 0.0805. The molecular weight excluding hydrogens is 284 g/mol. The summed E-state index contributed by atoms with van der Waals surface area (Å²) in [5.41, 5.74) is 3.96. The second-order valence-corrected chi connectivity index (χ2v) is 5.06. The summed E-state index contributed by atoms with van der Waals surface area (Å²) in [5, 5.41) is 4.30. The highest BCUT2D eigenvalue weighted by atomic mass is 79.9. The predicted molar refractivity (Wildman–Crippen MR) is 71.3 cm³/mol. The Morgan fingerprint density at radius 2 is 2.35 bits per heavy atom. The number of nitrogens with two attached hydrogens (primary N) is 1. The molecule has 0 aromatic carbocycles. The van der Waals surface area contributed by atoms with Crippen LogP contribution in [0.25, 0.3) is 0 Å². The minimum Gasteiger partial charge on any atom is -0.384 e. The third kappa shape index (κ3) is 3.77. The first-order chi connectivity index (χ1) is 8.13. The molecule has 0 aliphatic rings. The minimum absolute atomic E-state index is 0.0805. The number of aryl methyl sites for hydroxylation is 1. The average Bonchev–Trinajstić information content (AvgIpc) is 2.68. The molecule has 0 radical (unpaired) electrons. The van der Waals surface area contributed by atoms with Crippen LogP contribution in [0.5, 0.6) is 0 Å². The lowest BCUT2D eigenvalue weighted by Gasteiger charge is -2.21. The van der Waals surface area contributed by atoms with E-state index >= 15 is 0 Å². The highest BCUT2D eigenvalue weighted by Crippen LogP contribution is 2.27. The van der Waals surface area contributed by atoms with Gasteiger partial charge in [0.15, 0.2) is 0 Å². The number of aromatic nitrogens is 2. The van der Waals surface area contributed by atoms with Gasteiger partial charge in [-0.05, 0) is 35.2 Å². The van der Waals surface area contributed by atoms with Gasteiger partial charge in [-0.1, -0.05) is 6.92 Å². The van der Waals surface area contributed by atoms with E-state index in [4.69, 9.17) is 10.6 Å². The number of nitrogens with zero attached hydrogens (tertiary/aromatic N) is 2. The van der Waals surface area contributed by atoms with Gasteiger partial charge in [-0.25, -0.2) is 0 Å². The van der Waals surface area contributed by atoms with Gasteiger partial charge in [-0.15, -0.1) is 0 Å². The number of ether oxygens (including phenoxy) is 1. The van der Waals surface area contributed by atoms with Crippen molar-refractivity contribution in [1.82, 2.24) is 15.2 Å². The van der Waals surface area contributed by atoms with Gasteiger partial charge in [0, 0.05) is 20.3 Å². The fourth-order valence-corrected chi connectivity index (χ4v) is 2.56. The Labute approximate surface area is 111 Å². The van der Waals surface area contributed by atoms with Crippen LogP contribution in [-0.4, -0.2) is 23.5 Å². The summed E-state index contributed by atoms with van der Waals surface area (Å²) < 4.78 is 8.10. The van der Waals surface area contributed by atoms with Crippen molar-refractivity contribution in [3.8, 4) is 0 Å². The Hall–Kier alpha value is -0.430. The molecule has 0 aliphatic carbocycles. The Kier molecular flexibility index (Phi) is 6.11. The van der Waals surface area contributed by atoms with E-state index in [0.29, 0.717) is 5.92 Å². The monoisotopic (exact) mass is 304 g/mol. The van der Waals surface area contributed by atoms with Crippen LogP contribution >= 0.6 is 15.9 Å². The van der Waals surface area contributed by atoms with Crippen molar-refractivity contribution in [2.45, 2.75) is 32.9 Å². The molecule has 1 aromatic rings. The zero-order valence-corrected chi connectivity index (χ0v) is 12.2. The first-order valence-electron chi connectivity index (χ1n) is 5.80. The Bertz CT molecular complexity index is 342. The molecule has 0 saturated heterocycles. The highest BCUT2D eigenvalue weighted by molar-refractivity contribution is 9.10. The first kappa shape index (κ1) is 14.6. The number of hydrogen-bond donors (Lipinski definition) is 2. The van der Waals surface area contributed by atoms with E-state index in [1.54, 1.807) is 7.11 Å². The van der Waals surface area contributed by atoms with Crippen LogP contribution in [0.3, 0.4) is 0 Å². The lowest BCUT2D eigenvalue weighted by Crippen LogP contribution is -2.32. The van der Waals surface area contributed by atoms with E-state index in [-0.39, 0.29) is 6.04 Å². The van der Waals surface area contributed by atoms with E-state index in [9.17, 15) is 0 Å². The molecule has 2 unspecified atom stereocenters. The molecule has 0 aliphatic heterocycles. The molecule has 0 bridgehead atoms. The van der Waals surface area contributed by atoms with Gasteiger partial charge < -0.3 is 4.74 Å². The lowest BCUT2D eigenvalue weighted by atomic mass is 10.0. The van der Waals surface area contributed by atoms with Crippen LogP contribution < -0.4 is 11.3 Å². The Morgan fingerprint density at radius 3 is 2.88 bits per heavy atom. The predicted octanol–water partition coefficient (Wildman–Crippen LogP) is 1.84. The van der Waals surface area contributed by atoms with Crippen LogP contribution in [0.1, 0.15) is 32.0 Å². The number of nitrogens with one attached hydrogen (secondary N) is 1. The van der Waals surface area contributed by atoms with Crippen LogP contribution in [0.2, 0.25) is 0 Å². The summed E-state index contributed by atoms with van der Waals surface area (Å²) >= 11 is 3.52. The van der Waals surface area contributed by atoms with Crippen LogP contribution in [0.4, 0.5) is 0 Å². The van der Waals surface area contributed by atoms with Crippen molar-refractivity contribution in [1.29, 1.82) is 0 Å². The smallest absolute Gasteiger partial charge is 0.0709 e. The van der Waals surface area contributed by atoms with E-state index in [1.165, 1.54) is 0 Å². The Balaban J connectivity index is 2.81. The van der Waals surface area contributed by atoms with E-state index in [0.717, 1.165) is 29.7 Å². The number of hydrogen-bond acceptors (Lipinski definition) is 4. The zero-order valence-electron chi connectivity index (χ0n) is 10.6. The van der Waals surface area contributed by atoms with Crippen LogP contribution in [0, 0.1) is 5.92 Å². The van der Waals surface area contributed by atoms with Gasteiger partial charge in [0.2, 0.25) is 0 Å². The zero-order chi connectivity index (χ0) is 12.8. The van der Waals surface area contributed by atoms with Crippen molar-refractivity contribution in [3.63, 3.8) is 0 Å². The molecule has 17 heavy (non-hydrogen) atoms. The number of halogens is 1. The summed E-state index contributed by atoms with van der Waals surface area (Å²) in [6.07, 6.45) is 2.72. The van der Waals surface area contributed by atoms with Gasteiger partial charge in [-0.3, -0.25) is 16.0 Å². The molecule has 0 amide bonds. The maximum Gasteiger partial charge on any atom is 0.0709 e. The molecule has 3 N–H and O–H groups in total. The fourth-order valence-electron chi connectivity index (χ4n) is 1.98. The average molecular weight is 305 g/mol. The summed E-state index contributed by atoms with van der Waals surface area (Å²) in [4.78, 5) is 0. The second-order valence-electron chi connectivity index (χ2n) is 4.21. The van der Waals surface area contributed by atoms with Gasteiger partial charge in [-0.2, -0.15) is 5.10 Å². The molecular formula is C11H21BrN4O. The van der Waals surface area contributed by atoms with Crippen molar-refractivity contribution < 1.29 is 4.74 Å². The van der Waals surface area contributed by atoms with Gasteiger partial charge in [0.25, 0.3) is 0 Å². The molecule has 1 aromatic heterocycles. The normalized spacial score (nSPS) is 14.9. The fraction of sp³-hybridized carbons (Fsp3) is 0.727. The molecule has 6 heteroatoms. The standard InChI is InChI=1S/C11H21BrN4O/c1-4-16-11(9(12)6-14-16)10(15-13)5-8(2)7-17-3/h6,8,10,15H,4-5,7,13H2,1-3H3. The van der Waals surface area contributed by atoms with Gasteiger partial charge >= 0.3 is 0 Å². The summed E-state index contributed by atoms with van der Waals surface area (Å²) in [5.74, 6) is 6.09. The molecule has 0 fully saturated rings. The maximum atomic E-state index is 5.65. The molecule has 0 saturated carbocycles. The second kappa shape index (κ2) is 7.10.